The van der Waals surface area contributed by atoms with Gasteiger partial charge in [0.1, 0.15) is 11.6 Å². The van der Waals surface area contributed by atoms with Crippen LogP contribution in [0.15, 0.2) is 0 Å². The Labute approximate surface area is 74.0 Å². The minimum atomic E-state index is -3.05. The number of sulfone groups is 1. The highest BCUT2D eigenvalue weighted by Crippen LogP contribution is 1.93. The van der Waals surface area contributed by atoms with Gasteiger partial charge in [0.05, 0.1) is 0 Å². The van der Waals surface area contributed by atoms with E-state index in [1.54, 1.807) is 4.90 Å². The van der Waals surface area contributed by atoms with Crippen LogP contribution < -0.4 is 0 Å². The maximum absolute atomic E-state index is 10.8. The third kappa shape index (κ3) is 4.33. The van der Waals surface area contributed by atoms with Crippen LogP contribution >= 0.6 is 0 Å². The minimum Gasteiger partial charge on any atom is -0.360 e. The summed E-state index contributed by atoms with van der Waals surface area (Å²) < 4.78 is 21.6. The Morgan fingerprint density at radius 3 is 2.00 bits per heavy atom. The van der Waals surface area contributed by atoms with Crippen LogP contribution in [0.2, 0.25) is 0 Å². The molecule has 0 radical (unpaired) electrons. The van der Waals surface area contributed by atoms with Gasteiger partial charge < -0.3 is 4.90 Å². The molecule has 0 saturated carbocycles. The quantitative estimate of drug-likeness (QED) is 0.516. The van der Waals surface area contributed by atoms with E-state index in [9.17, 15) is 8.42 Å². The largest absolute Gasteiger partial charge is 0.360 e. The van der Waals surface area contributed by atoms with E-state index in [0.717, 1.165) is 6.26 Å². The van der Waals surface area contributed by atoms with Gasteiger partial charge in [-0.2, -0.15) is 0 Å². The monoisotopic (exact) mass is 192 g/mol. The van der Waals surface area contributed by atoms with E-state index in [2.05, 4.69) is 0 Å². The summed E-state index contributed by atoms with van der Waals surface area (Å²) in [5.41, 5.74) is 0. The SMILES string of the molecule is CCN(CC)C(=N)CS(C)(=O)=O. The summed E-state index contributed by atoms with van der Waals surface area (Å²) in [7, 11) is -3.05. The van der Waals surface area contributed by atoms with Crippen LogP contribution in [-0.4, -0.2) is 44.3 Å². The lowest BCUT2D eigenvalue weighted by Crippen LogP contribution is -2.34. The van der Waals surface area contributed by atoms with Crippen LogP contribution in [-0.2, 0) is 9.84 Å². The van der Waals surface area contributed by atoms with Gasteiger partial charge in [-0.3, -0.25) is 5.41 Å². The van der Waals surface area contributed by atoms with E-state index < -0.39 is 9.84 Å². The van der Waals surface area contributed by atoms with E-state index in [1.165, 1.54) is 0 Å². The van der Waals surface area contributed by atoms with Crippen molar-refractivity contribution in [1.82, 2.24) is 4.90 Å². The van der Waals surface area contributed by atoms with E-state index in [0.29, 0.717) is 13.1 Å². The van der Waals surface area contributed by atoms with Gasteiger partial charge in [-0.25, -0.2) is 8.42 Å². The molecule has 0 aromatic heterocycles. The van der Waals surface area contributed by atoms with Crippen molar-refractivity contribution in [3.8, 4) is 0 Å². The van der Waals surface area contributed by atoms with Gasteiger partial charge in [0.15, 0.2) is 9.84 Å². The van der Waals surface area contributed by atoms with E-state index >= 15 is 0 Å². The molecule has 0 fully saturated rings. The molecule has 12 heavy (non-hydrogen) atoms. The van der Waals surface area contributed by atoms with Crippen LogP contribution in [0.5, 0.6) is 0 Å². The van der Waals surface area contributed by atoms with Crippen LogP contribution in [0.25, 0.3) is 0 Å². The Balaban J connectivity index is 4.21. The summed E-state index contributed by atoms with van der Waals surface area (Å²) in [6, 6.07) is 0. The summed E-state index contributed by atoms with van der Waals surface area (Å²) >= 11 is 0. The molecule has 0 bridgehead atoms. The third-order valence-electron chi connectivity index (χ3n) is 1.54. The molecular formula is C7H16N2O2S. The predicted molar refractivity (Wildman–Crippen MR) is 50.4 cm³/mol. The van der Waals surface area contributed by atoms with E-state index in [4.69, 9.17) is 5.41 Å². The van der Waals surface area contributed by atoms with Gasteiger partial charge in [-0.1, -0.05) is 0 Å². The fourth-order valence-corrected chi connectivity index (χ4v) is 1.62. The summed E-state index contributed by atoms with van der Waals surface area (Å²) in [5, 5.41) is 7.45. The highest BCUT2D eigenvalue weighted by molar-refractivity contribution is 7.91. The van der Waals surface area contributed by atoms with Gasteiger partial charge in [-0.05, 0) is 13.8 Å². The predicted octanol–water partition coefficient (Wildman–Crippen LogP) is 0.350. The van der Waals surface area contributed by atoms with Gasteiger partial charge in [0.25, 0.3) is 0 Å². The first-order valence-corrected chi connectivity index (χ1v) is 5.96. The molecular weight excluding hydrogens is 176 g/mol. The van der Waals surface area contributed by atoms with Crippen molar-refractivity contribution in [3.05, 3.63) is 0 Å². The number of nitrogens with one attached hydrogen (secondary N) is 1. The number of nitrogens with zero attached hydrogens (tertiary/aromatic N) is 1. The lowest BCUT2D eigenvalue weighted by Gasteiger charge is -2.20. The second kappa shape index (κ2) is 4.45. The van der Waals surface area contributed by atoms with Crippen LogP contribution in [0.1, 0.15) is 13.8 Å². The van der Waals surface area contributed by atoms with Crippen molar-refractivity contribution in [3.63, 3.8) is 0 Å². The Morgan fingerprint density at radius 1 is 1.33 bits per heavy atom. The Kier molecular flexibility index (Phi) is 4.23. The second-order valence-corrected chi connectivity index (χ2v) is 4.83. The molecule has 0 aliphatic heterocycles. The highest BCUT2D eigenvalue weighted by Gasteiger charge is 2.11. The smallest absolute Gasteiger partial charge is 0.154 e. The first-order valence-electron chi connectivity index (χ1n) is 3.90. The maximum Gasteiger partial charge on any atom is 0.154 e. The fourth-order valence-electron chi connectivity index (χ4n) is 0.945. The summed E-state index contributed by atoms with van der Waals surface area (Å²) in [6.45, 7) is 5.18. The summed E-state index contributed by atoms with van der Waals surface area (Å²) in [4.78, 5) is 1.72. The molecule has 0 atom stereocenters. The number of amidine groups is 1. The van der Waals surface area contributed by atoms with Crippen molar-refractivity contribution in [1.29, 1.82) is 5.41 Å². The first-order chi connectivity index (χ1) is 5.40. The van der Waals surface area contributed by atoms with Crippen molar-refractivity contribution in [2.45, 2.75) is 13.8 Å². The lowest BCUT2D eigenvalue weighted by atomic mass is 10.5. The molecule has 0 aromatic carbocycles. The molecule has 0 unspecified atom stereocenters. The normalized spacial score (nSPS) is 11.2. The molecule has 72 valence electrons. The van der Waals surface area contributed by atoms with Crippen molar-refractivity contribution in [2.75, 3.05) is 25.1 Å². The number of rotatable bonds is 4. The minimum absolute atomic E-state index is 0.158. The van der Waals surface area contributed by atoms with Crippen LogP contribution in [0.4, 0.5) is 0 Å². The summed E-state index contributed by atoms with van der Waals surface area (Å²) in [6.07, 6.45) is 1.14. The Hall–Kier alpha value is -0.580. The lowest BCUT2D eigenvalue weighted by molar-refractivity contribution is 0.459. The first kappa shape index (κ1) is 11.4. The molecule has 0 heterocycles. The molecule has 0 amide bonds. The molecule has 0 aliphatic carbocycles. The van der Waals surface area contributed by atoms with Crippen molar-refractivity contribution in [2.24, 2.45) is 0 Å². The van der Waals surface area contributed by atoms with Gasteiger partial charge in [0, 0.05) is 19.3 Å². The standard InChI is InChI=1S/C7H16N2O2S/c1-4-9(5-2)7(8)6-12(3,10)11/h8H,4-6H2,1-3H3. The molecule has 4 nitrogen and oxygen atoms in total. The topological polar surface area (TPSA) is 61.2 Å². The third-order valence-corrected chi connectivity index (χ3v) is 2.34. The molecule has 0 spiro atoms. The van der Waals surface area contributed by atoms with E-state index in [-0.39, 0.29) is 11.6 Å². The maximum atomic E-state index is 10.8. The Bertz CT molecular complexity index is 242. The zero-order chi connectivity index (χ0) is 9.78. The zero-order valence-electron chi connectivity index (χ0n) is 7.79. The van der Waals surface area contributed by atoms with Gasteiger partial charge >= 0.3 is 0 Å². The van der Waals surface area contributed by atoms with Crippen LogP contribution in [0, 0.1) is 5.41 Å². The molecule has 0 saturated heterocycles. The second-order valence-electron chi connectivity index (χ2n) is 2.69. The highest BCUT2D eigenvalue weighted by atomic mass is 32.2. The average molecular weight is 192 g/mol. The van der Waals surface area contributed by atoms with Crippen LogP contribution in [0.3, 0.4) is 0 Å². The molecule has 0 rings (SSSR count). The molecule has 0 aliphatic rings. The number of hydrogen-bond acceptors (Lipinski definition) is 3. The molecule has 1 N–H and O–H groups in total. The zero-order valence-corrected chi connectivity index (χ0v) is 8.61. The Morgan fingerprint density at radius 2 is 1.75 bits per heavy atom. The fraction of sp³-hybridized carbons (Fsp3) is 0.857. The van der Waals surface area contributed by atoms with Crippen molar-refractivity contribution < 1.29 is 8.42 Å². The average Bonchev–Trinajstić information content (AvgIpc) is 1.85. The van der Waals surface area contributed by atoms with Gasteiger partial charge in [-0.15, -0.1) is 0 Å². The van der Waals surface area contributed by atoms with Gasteiger partial charge in [0.2, 0.25) is 0 Å². The summed E-state index contributed by atoms with van der Waals surface area (Å²) in [5.74, 6) is 0.0248. The molecule has 5 heteroatoms. The molecule has 0 aromatic rings. The number of hydrogen-bond donors (Lipinski definition) is 1. The van der Waals surface area contributed by atoms with Crippen molar-refractivity contribution >= 4 is 15.7 Å². The van der Waals surface area contributed by atoms with E-state index in [1.807, 2.05) is 13.8 Å².